The van der Waals surface area contributed by atoms with Crippen LogP contribution in [0.4, 0.5) is 4.39 Å². The molecule has 1 aromatic heterocycles. The molecule has 0 aliphatic rings. The van der Waals surface area contributed by atoms with Crippen LogP contribution in [-0.4, -0.2) is 22.3 Å². The molecule has 0 saturated carbocycles. The van der Waals surface area contributed by atoms with Gasteiger partial charge in [0, 0.05) is 11.1 Å². The number of carbonyl (C=O) groups is 1. The number of hydrogen-bond donors (Lipinski definition) is 2. The molecule has 0 aliphatic carbocycles. The molecule has 1 heterocycles. The van der Waals surface area contributed by atoms with Gasteiger partial charge >= 0.3 is 0 Å². The Hall–Kier alpha value is -2.99. The second-order valence-electron chi connectivity index (χ2n) is 6.80. The molecular weight excluding hydrogens is 379 g/mol. The van der Waals surface area contributed by atoms with Gasteiger partial charge in [-0.05, 0) is 36.1 Å². The number of hydrogen-bond acceptors (Lipinski definition) is 3. The average Bonchev–Trinajstić information content (AvgIpc) is 3.14. The maximum Gasteiger partial charge on any atom is 0.289 e. The van der Waals surface area contributed by atoms with E-state index in [1.54, 1.807) is 12.1 Å². The lowest BCUT2D eigenvalue weighted by molar-refractivity contribution is 0.0950. The SMILES string of the molecule is CC(C)Cc1ccc(-c2cc(C(=O)NN=Cc3c(F)cccc3Cl)[nH]n2)cc1. The highest BCUT2D eigenvalue weighted by Crippen LogP contribution is 2.20. The molecule has 0 spiro atoms. The van der Waals surface area contributed by atoms with Crippen molar-refractivity contribution in [2.24, 2.45) is 11.0 Å². The second-order valence-corrected chi connectivity index (χ2v) is 7.20. The summed E-state index contributed by atoms with van der Waals surface area (Å²) in [5.74, 6) is -0.416. The van der Waals surface area contributed by atoms with E-state index >= 15 is 0 Å². The molecule has 0 fully saturated rings. The van der Waals surface area contributed by atoms with E-state index < -0.39 is 11.7 Å². The highest BCUT2D eigenvalue weighted by Gasteiger charge is 2.11. The molecular formula is C21H20ClFN4O. The highest BCUT2D eigenvalue weighted by atomic mass is 35.5. The molecule has 2 aromatic carbocycles. The second kappa shape index (κ2) is 8.80. The summed E-state index contributed by atoms with van der Waals surface area (Å²) in [6.07, 6.45) is 2.18. The first kappa shape index (κ1) is 19.8. The first-order valence-corrected chi connectivity index (χ1v) is 9.24. The van der Waals surface area contributed by atoms with E-state index in [0.29, 0.717) is 11.6 Å². The van der Waals surface area contributed by atoms with E-state index in [4.69, 9.17) is 11.6 Å². The Kier molecular flexibility index (Phi) is 6.21. The van der Waals surface area contributed by atoms with Crippen molar-refractivity contribution < 1.29 is 9.18 Å². The van der Waals surface area contributed by atoms with Crippen molar-refractivity contribution in [1.82, 2.24) is 15.6 Å². The molecule has 0 radical (unpaired) electrons. The average molecular weight is 399 g/mol. The maximum atomic E-state index is 13.7. The third-order valence-corrected chi connectivity index (χ3v) is 4.41. The highest BCUT2D eigenvalue weighted by molar-refractivity contribution is 6.33. The predicted molar refractivity (Wildman–Crippen MR) is 109 cm³/mol. The molecule has 5 nitrogen and oxygen atoms in total. The number of H-pyrrole nitrogens is 1. The Morgan fingerprint density at radius 1 is 1.29 bits per heavy atom. The topological polar surface area (TPSA) is 70.1 Å². The third-order valence-electron chi connectivity index (χ3n) is 4.08. The van der Waals surface area contributed by atoms with Gasteiger partial charge in [0.15, 0.2) is 0 Å². The van der Waals surface area contributed by atoms with Crippen LogP contribution < -0.4 is 5.43 Å². The van der Waals surface area contributed by atoms with E-state index in [1.165, 1.54) is 23.9 Å². The molecule has 3 aromatic rings. The number of benzene rings is 2. The van der Waals surface area contributed by atoms with E-state index in [2.05, 4.69) is 46.7 Å². The van der Waals surface area contributed by atoms with Crippen LogP contribution in [0, 0.1) is 11.7 Å². The number of aromatic nitrogens is 2. The number of carbonyl (C=O) groups excluding carboxylic acids is 1. The Bertz CT molecular complexity index is 976. The number of nitrogens with zero attached hydrogens (tertiary/aromatic N) is 2. The van der Waals surface area contributed by atoms with Gasteiger partial charge < -0.3 is 0 Å². The lowest BCUT2D eigenvalue weighted by Crippen LogP contribution is -2.18. The Morgan fingerprint density at radius 3 is 2.71 bits per heavy atom. The molecule has 0 bridgehead atoms. The number of nitrogens with one attached hydrogen (secondary N) is 2. The summed E-state index contributed by atoms with van der Waals surface area (Å²) in [5.41, 5.74) is 5.51. The fourth-order valence-electron chi connectivity index (χ4n) is 2.72. The maximum absolute atomic E-state index is 13.7. The van der Waals surface area contributed by atoms with Crippen LogP contribution in [0.25, 0.3) is 11.3 Å². The molecule has 0 saturated heterocycles. The number of hydrazone groups is 1. The van der Waals surface area contributed by atoms with Crippen molar-refractivity contribution in [2.45, 2.75) is 20.3 Å². The molecule has 7 heteroatoms. The van der Waals surface area contributed by atoms with E-state index in [0.717, 1.165) is 12.0 Å². The third kappa shape index (κ3) is 4.84. The van der Waals surface area contributed by atoms with Crippen LogP contribution in [0.2, 0.25) is 5.02 Å². The van der Waals surface area contributed by atoms with Gasteiger partial charge in [-0.15, -0.1) is 0 Å². The van der Waals surface area contributed by atoms with Gasteiger partial charge in [0.1, 0.15) is 11.5 Å². The fourth-order valence-corrected chi connectivity index (χ4v) is 2.93. The summed E-state index contributed by atoms with van der Waals surface area (Å²) in [5, 5.41) is 10.8. The zero-order valence-corrected chi connectivity index (χ0v) is 16.3. The minimum atomic E-state index is -0.518. The number of amides is 1. The van der Waals surface area contributed by atoms with Crippen LogP contribution in [0.5, 0.6) is 0 Å². The Morgan fingerprint density at radius 2 is 2.04 bits per heavy atom. The fraction of sp³-hybridized carbons (Fsp3) is 0.190. The first-order chi connectivity index (χ1) is 13.4. The minimum Gasteiger partial charge on any atom is -0.272 e. The van der Waals surface area contributed by atoms with Crippen LogP contribution in [0.15, 0.2) is 53.6 Å². The van der Waals surface area contributed by atoms with E-state index in [9.17, 15) is 9.18 Å². The van der Waals surface area contributed by atoms with Crippen LogP contribution in [0.1, 0.15) is 35.5 Å². The molecule has 0 atom stereocenters. The molecule has 1 amide bonds. The smallest absolute Gasteiger partial charge is 0.272 e. The van der Waals surface area contributed by atoms with Gasteiger partial charge in [-0.2, -0.15) is 10.2 Å². The quantitative estimate of drug-likeness (QED) is 0.461. The van der Waals surface area contributed by atoms with Crippen molar-refractivity contribution >= 4 is 23.7 Å². The van der Waals surface area contributed by atoms with Gasteiger partial charge in [-0.1, -0.05) is 55.8 Å². The molecule has 0 aliphatic heterocycles. The lowest BCUT2D eigenvalue weighted by Gasteiger charge is -2.05. The van der Waals surface area contributed by atoms with Gasteiger partial charge in [-0.25, -0.2) is 9.82 Å². The largest absolute Gasteiger partial charge is 0.289 e. The zero-order valence-electron chi connectivity index (χ0n) is 15.5. The van der Waals surface area contributed by atoms with Crippen molar-refractivity contribution in [1.29, 1.82) is 0 Å². The summed E-state index contributed by atoms with van der Waals surface area (Å²) in [6.45, 7) is 4.35. The molecule has 2 N–H and O–H groups in total. The van der Waals surface area contributed by atoms with Crippen molar-refractivity contribution in [3.05, 3.63) is 76.2 Å². The Balaban J connectivity index is 1.66. The molecule has 3 rings (SSSR count). The summed E-state index contributed by atoms with van der Waals surface area (Å²) in [6, 6.07) is 14.0. The summed E-state index contributed by atoms with van der Waals surface area (Å²) >= 11 is 5.91. The van der Waals surface area contributed by atoms with E-state index in [-0.39, 0.29) is 16.3 Å². The standard InChI is InChI=1S/C21H20ClFN4O/c1-13(2)10-14-6-8-15(9-7-14)19-11-20(26-25-19)21(28)27-24-12-16-17(22)4-3-5-18(16)23/h3-9,11-13H,10H2,1-2H3,(H,25,26)(H,27,28). The summed E-state index contributed by atoms with van der Waals surface area (Å²) in [4.78, 5) is 12.2. The molecule has 0 unspecified atom stereocenters. The Labute approximate surface area is 167 Å². The zero-order chi connectivity index (χ0) is 20.1. The van der Waals surface area contributed by atoms with Crippen LogP contribution in [-0.2, 0) is 6.42 Å². The summed E-state index contributed by atoms with van der Waals surface area (Å²) < 4.78 is 13.7. The first-order valence-electron chi connectivity index (χ1n) is 8.86. The molecule has 28 heavy (non-hydrogen) atoms. The predicted octanol–water partition coefficient (Wildman–Crippen LogP) is 4.83. The monoisotopic (exact) mass is 398 g/mol. The van der Waals surface area contributed by atoms with Crippen molar-refractivity contribution in [2.75, 3.05) is 0 Å². The lowest BCUT2D eigenvalue weighted by atomic mass is 10.0. The van der Waals surface area contributed by atoms with Gasteiger partial charge in [0.25, 0.3) is 5.91 Å². The molecule has 144 valence electrons. The minimum absolute atomic E-state index is 0.108. The van der Waals surface area contributed by atoms with Crippen LogP contribution in [0.3, 0.4) is 0 Å². The van der Waals surface area contributed by atoms with Gasteiger partial charge in [0.05, 0.1) is 16.9 Å². The number of rotatable bonds is 6. The van der Waals surface area contributed by atoms with Gasteiger partial charge in [0.2, 0.25) is 0 Å². The van der Waals surface area contributed by atoms with Gasteiger partial charge in [-0.3, -0.25) is 9.89 Å². The van der Waals surface area contributed by atoms with Crippen molar-refractivity contribution in [3.8, 4) is 11.3 Å². The summed E-state index contributed by atoms with van der Waals surface area (Å²) in [7, 11) is 0. The number of halogens is 2. The number of aromatic amines is 1. The van der Waals surface area contributed by atoms with Crippen molar-refractivity contribution in [3.63, 3.8) is 0 Å². The van der Waals surface area contributed by atoms with E-state index in [1.807, 2.05) is 12.1 Å². The normalized spacial score (nSPS) is 11.3. The van der Waals surface area contributed by atoms with Crippen LogP contribution >= 0.6 is 11.6 Å².